The maximum Gasteiger partial charge on any atom is 0.0745 e. The van der Waals surface area contributed by atoms with E-state index in [0.29, 0.717) is 17.1 Å². The maximum absolute atomic E-state index is 5.94. The van der Waals surface area contributed by atoms with E-state index in [-0.39, 0.29) is 0 Å². The molecule has 56 valence electrons. The second-order valence-electron chi connectivity index (χ2n) is 4.41. The molecule has 2 aliphatic carbocycles. The molecule has 0 unspecified atom stereocenters. The van der Waals surface area contributed by atoms with Crippen LogP contribution in [-0.2, 0) is 4.74 Å². The van der Waals surface area contributed by atoms with E-state index in [2.05, 4.69) is 6.92 Å². The molecule has 2 spiro atoms. The lowest BCUT2D eigenvalue weighted by molar-refractivity contribution is 0.0197. The minimum atomic E-state index is 0.423. The molecular formula is C9H14O. The molecule has 0 aromatic rings. The molecule has 2 saturated carbocycles. The second-order valence-corrected chi connectivity index (χ2v) is 4.41. The van der Waals surface area contributed by atoms with Gasteiger partial charge in [0.25, 0.3) is 0 Å². The molecule has 0 bridgehead atoms. The van der Waals surface area contributed by atoms with Gasteiger partial charge in [-0.15, -0.1) is 0 Å². The van der Waals surface area contributed by atoms with Gasteiger partial charge in [-0.1, -0.05) is 0 Å². The molecule has 1 saturated heterocycles. The summed E-state index contributed by atoms with van der Waals surface area (Å²) in [6.45, 7) is 2.23. The van der Waals surface area contributed by atoms with Crippen LogP contribution in [0.5, 0.6) is 0 Å². The van der Waals surface area contributed by atoms with Gasteiger partial charge in [-0.25, -0.2) is 0 Å². The van der Waals surface area contributed by atoms with E-state index in [1.165, 1.54) is 32.1 Å². The number of hydrogen-bond donors (Lipinski definition) is 0. The summed E-state index contributed by atoms with van der Waals surface area (Å²) in [6, 6.07) is 0. The summed E-state index contributed by atoms with van der Waals surface area (Å²) in [4.78, 5) is 0. The van der Waals surface area contributed by atoms with Crippen LogP contribution in [-0.4, -0.2) is 11.7 Å². The fourth-order valence-electron chi connectivity index (χ4n) is 2.86. The molecule has 10 heavy (non-hydrogen) atoms. The van der Waals surface area contributed by atoms with Gasteiger partial charge in [0.05, 0.1) is 11.7 Å². The molecule has 0 aromatic carbocycles. The lowest BCUT2D eigenvalue weighted by atomic mass is 9.94. The normalized spacial score (nSPS) is 44.7. The van der Waals surface area contributed by atoms with Crippen molar-refractivity contribution in [3.8, 4) is 0 Å². The quantitative estimate of drug-likeness (QED) is 0.498. The summed E-state index contributed by atoms with van der Waals surface area (Å²) in [5.41, 5.74) is 1.12. The van der Waals surface area contributed by atoms with Gasteiger partial charge in [0.15, 0.2) is 0 Å². The van der Waals surface area contributed by atoms with Crippen LogP contribution in [0.3, 0.4) is 0 Å². The highest BCUT2D eigenvalue weighted by atomic mass is 16.5. The first-order valence-electron chi connectivity index (χ1n) is 4.44. The van der Waals surface area contributed by atoms with Gasteiger partial charge in [-0.3, -0.25) is 0 Å². The molecule has 1 aliphatic heterocycles. The molecule has 1 heteroatoms. The number of fused-ring (bicyclic) bond motifs is 1. The minimum absolute atomic E-state index is 0.423. The minimum Gasteiger partial charge on any atom is -0.371 e. The highest BCUT2D eigenvalue weighted by Gasteiger charge is 2.70. The average molecular weight is 138 g/mol. The first-order chi connectivity index (χ1) is 4.77. The smallest absolute Gasteiger partial charge is 0.0745 e. The Morgan fingerprint density at radius 2 is 1.90 bits per heavy atom. The van der Waals surface area contributed by atoms with Gasteiger partial charge < -0.3 is 4.74 Å². The van der Waals surface area contributed by atoms with Crippen molar-refractivity contribution in [2.75, 3.05) is 0 Å². The van der Waals surface area contributed by atoms with Gasteiger partial charge in [0.1, 0.15) is 0 Å². The van der Waals surface area contributed by atoms with Crippen molar-refractivity contribution < 1.29 is 4.74 Å². The second kappa shape index (κ2) is 1.29. The highest BCUT2D eigenvalue weighted by Crippen LogP contribution is 2.72. The van der Waals surface area contributed by atoms with Crippen molar-refractivity contribution in [2.45, 2.75) is 50.7 Å². The van der Waals surface area contributed by atoms with E-state index in [0.717, 1.165) is 0 Å². The lowest BCUT2D eigenvalue weighted by Gasteiger charge is -2.14. The maximum atomic E-state index is 5.94. The van der Waals surface area contributed by atoms with Crippen molar-refractivity contribution in [3.05, 3.63) is 0 Å². The fraction of sp³-hybridized carbons (Fsp3) is 1.00. The topological polar surface area (TPSA) is 9.23 Å². The van der Waals surface area contributed by atoms with Crippen LogP contribution in [0.4, 0.5) is 0 Å². The largest absolute Gasteiger partial charge is 0.371 e. The molecule has 0 aromatic heterocycles. The molecule has 1 nitrogen and oxygen atoms in total. The number of rotatable bonds is 0. The average Bonchev–Trinajstić information content (AvgIpc) is 2.60. The lowest BCUT2D eigenvalue weighted by Crippen LogP contribution is -2.18. The van der Waals surface area contributed by atoms with Gasteiger partial charge in [0.2, 0.25) is 0 Å². The third-order valence-corrected chi connectivity index (χ3v) is 3.63. The monoisotopic (exact) mass is 138 g/mol. The summed E-state index contributed by atoms with van der Waals surface area (Å²) in [7, 11) is 0. The van der Waals surface area contributed by atoms with E-state index < -0.39 is 0 Å². The van der Waals surface area contributed by atoms with E-state index in [4.69, 9.17) is 4.74 Å². The molecular weight excluding hydrogens is 124 g/mol. The summed E-state index contributed by atoms with van der Waals surface area (Å²) >= 11 is 0. The zero-order valence-corrected chi connectivity index (χ0v) is 6.52. The van der Waals surface area contributed by atoms with E-state index in [9.17, 15) is 0 Å². The van der Waals surface area contributed by atoms with E-state index in [1.54, 1.807) is 0 Å². The number of ether oxygens (including phenoxy) is 1. The fourth-order valence-corrected chi connectivity index (χ4v) is 2.86. The Labute approximate surface area is 61.8 Å². The molecule has 0 amide bonds. The standard InChI is InChI=1S/C9H14O/c1-7-6-8(2-3-8)9(10-7)4-5-9/h7H,2-6H2,1H3/t7-/m1/s1. The van der Waals surface area contributed by atoms with Gasteiger partial charge >= 0.3 is 0 Å². The van der Waals surface area contributed by atoms with Crippen molar-refractivity contribution in [1.82, 2.24) is 0 Å². The Hall–Kier alpha value is -0.0400. The molecule has 3 rings (SSSR count). The predicted molar refractivity (Wildman–Crippen MR) is 38.8 cm³/mol. The van der Waals surface area contributed by atoms with Gasteiger partial charge in [-0.2, -0.15) is 0 Å². The van der Waals surface area contributed by atoms with Crippen molar-refractivity contribution in [3.63, 3.8) is 0 Å². The van der Waals surface area contributed by atoms with Gasteiger partial charge in [-0.05, 0) is 39.0 Å². The summed E-state index contributed by atoms with van der Waals surface area (Å²) < 4.78 is 5.94. The van der Waals surface area contributed by atoms with Crippen LogP contribution in [0.1, 0.15) is 39.0 Å². The van der Waals surface area contributed by atoms with E-state index >= 15 is 0 Å². The Balaban J connectivity index is 1.96. The molecule has 0 N–H and O–H groups in total. The first-order valence-corrected chi connectivity index (χ1v) is 4.44. The Morgan fingerprint density at radius 1 is 1.20 bits per heavy atom. The zero-order valence-electron chi connectivity index (χ0n) is 6.52. The van der Waals surface area contributed by atoms with Crippen LogP contribution in [0.25, 0.3) is 0 Å². The molecule has 0 radical (unpaired) electrons. The predicted octanol–water partition coefficient (Wildman–Crippen LogP) is 2.11. The van der Waals surface area contributed by atoms with Crippen LogP contribution in [0.2, 0.25) is 0 Å². The SMILES string of the molecule is C[C@@H]1CC2(CC2)C2(CC2)O1. The third kappa shape index (κ3) is 0.460. The van der Waals surface area contributed by atoms with Crippen LogP contribution < -0.4 is 0 Å². The zero-order chi connectivity index (χ0) is 6.82. The highest BCUT2D eigenvalue weighted by molar-refractivity contribution is 5.20. The van der Waals surface area contributed by atoms with Gasteiger partial charge in [0, 0.05) is 5.41 Å². The Bertz CT molecular complexity index is 157. The molecule has 3 aliphatic rings. The van der Waals surface area contributed by atoms with Crippen LogP contribution in [0.15, 0.2) is 0 Å². The van der Waals surface area contributed by atoms with Crippen LogP contribution in [0, 0.1) is 5.41 Å². The Morgan fingerprint density at radius 3 is 2.30 bits per heavy atom. The summed E-state index contributed by atoms with van der Waals surface area (Å²) in [5.74, 6) is 0. The first kappa shape index (κ1) is 5.59. The molecule has 3 fully saturated rings. The Kier molecular flexibility index (Phi) is 0.722. The van der Waals surface area contributed by atoms with Crippen molar-refractivity contribution in [1.29, 1.82) is 0 Å². The summed E-state index contributed by atoms with van der Waals surface area (Å²) in [6.07, 6.45) is 7.54. The van der Waals surface area contributed by atoms with Crippen molar-refractivity contribution in [2.24, 2.45) is 5.41 Å². The molecule has 1 atom stereocenters. The number of hydrogen-bond acceptors (Lipinski definition) is 1. The van der Waals surface area contributed by atoms with Crippen LogP contribution >= 0.6 is 0 Å². The van der Waals surface area contributed by atoms with Crippen molar-refractivity contribution >= 4 is 0 Å². The summed E-state index contributed by atoms with van der Waals surface area (Å²) in [5, 5.41) is 0. The third-order valence-electron chi connectivity index (χ3n) is 3.63. The molecule has 1 heterocycles. The van der Waals surface area contributed by atoms with E-state index in [1.807, 2.05) is 0 Å².